The van der Waals surface area contributed by atoms with E-state index in [0.29, 0.717) is 0 Å². The van der Waals surface area contributed by atoms with Crippen LogP contribution in [0.25, 0.3) is 0 Å². The summed E-state index contributed by atoms with van der Waals surface area (Å²) in [5, 5.41) is 3.42. The second-order valence-corrected chi connectivity index (χ2v) is 4.69. The van der Waals surface area contributed by atoms with E-state index in [2.05, 4.69) is 10.2 Å². The van der Waals surface area contributed by atoms with E-state index in [4.69, 9.17) is 0 Å². The summed E-state index contributed by atoms with van der Waals surface area (Å²) >= 11 is 0. The number of nitrogens with one attached hydrogen (secondary N) is 1. The van der Waals surface area contributed by atoms with E-state index in [1.54, 1.807) is 12.8 Å². The molecule has 4 aliphatic rings. The van der Waals surface area contributed by atoms with Crippen LogP contribution in [0, 0.1) is 11.8 Å². The van der Waals surface area contributed by atoms with Gasteiger partial charge in [-0.3, -0.25) is 4.90 Å². The Morgan fingerprint density at radius 1 is 1.00 bits per heavy atom. The molecule has 1 N–H and O–H groups in total. The fraction of sp³-hybridized carbons (Fsp3) is 1.00. The predicted octanol–water partition coefficient (Wildman–Crippen LogP) is 0.690. The molecule has 2 bridgehead atoms. The summed E-state index contributed by atoms with van der Waals surface area (Å²) in [4.78, 5) is 2.73. The highest BCUT2D eigenvalue weighted by atomic mass is 15.2. The van der Waals surface area contributed by atoms with Crippen molar-refractivity contribution in [3.63, 3.8) is 0 Å². The molecule has 12 heavy (non-hydrogen) atoms. The van der Waals surface area contributed by atoms with Crippen LogP contribution >= 0.6 is 0 Å². The molecule has 0 aromatic heterocycles. The second kappa shape index (κ2) is 2.71. The second-order valence-electron chi connectivity index (χ2n) is 4.69. The van der Waals surface area contributed by atoms with Crippen molar-refractivity contribution in [2.45, 2.75) is 25.3 Å². The van der Waals surface area contributed by atoms with Crippen molar-refractivity contribution in [3.8, 4) is 0 Å². The molecule has 0 radical (unpaired) electrons. The van der Waals surface area contributed by atoms with Crippen LogP contribution in [-0.2, 0) is 0 Å². The molecule has 0 aromatic rings. The normalized spacial score (nSPS) is 47.5. The van der Waals surface area contributed by atoms with E-state index >= 15 is 0 Å². The van der Waals surface area contributed by atoms with E-state index in [-0.39, 0.29) is 0 Å². The van der Waals surface area contributed by atoms with Gasteiger partial charge in [0.05, 0.1) is 0 Å². The van der Waals surface area contributed by atoms with Crippen molar-refractivity contribution in [2.75, 3.05) is 26.2 Å². The topological polar surface area (TPSA) is 15.3 Å². The molecule has 68 valence electrons. The highest BCUT2D eigenvalue weighted by molar-refractivity contribution is 5.00. The molecule has 2 nitrogen and oxygen atoms in total. The summed E-state index contributed by atoms with van der Waals surface area (Å²) in [6, 6.07) is 0.983. The Labute approximate surface area is 74.3 Å². The molecule has 4 rings (SSSR count). The summed E-state index contributed by atoms with van der Waals surface area (Å²) < 4.78 is 0. The fourth-order valence-electron chi connectivity index (χ4n) is 3.29. The Balaban J connectivity index is 1.64. The van der Waals surface area contributed by atoms with Gasteiger partial charge in [-0.05, 0) is 31.1 Å². The summed E-state index contributed by atoms with van der Waals surface area (Å²) in [6.45, 7) is 5.03. The summed E-state index contributed by atoms with van der Waals surface area (Å²) in [7, 11) is 0. The number of hydrogen-bond donors (Lipinski definition) is 1. The van der Waals surface area contributed by atoms with Crippen LogP contribution in [0.5, 0.6) is 0 Å². The van der Waals surface area contributed by atoms with Crippen LogP contribution in [0.1, 0.15) is 19.3 Å². The number of rotatable bonds is 1. The smallest absolute Gasteiger partial charge is 0.0127 e. The molecule has 1 saturated heterocycles. The summed E-state index contributed by atoms with van der Waals surface area (Å²) in [5.74, 6) is 2.21. The maximum atomic E-state index is 3.42. The number of nitrogens with zero attached hydrogens (tertiary/aromatic N) is 1. The SMILES string of the molecule is C1CN([C@@H]2CC3CC2C3)CCN1. The molecular weight excluding hydrogens is 148 g/mol. The number of piperazine rings is 1. The standard InChI is InChI=1S/C10H18N2/c1-3-12(4-2-11-1)10-7-8-5-9(10)6-8/h8-11H,1-7H2/t8?,9?,10-/m1/s1. The molecule has 3 aliphatic carbocycles. The van der Waals surface area contributed by atoms with E-state index in [9.17, 15) is 0 Å². The Morgan fingerprint density at radius 3 is 2.33 bits per heavy atom. The Hall–Kier alpha value is -0.0800. The minimum atomic E-state index is 0.983. The van der Waals surface area contributed by atoms with Gasteiger partial charge in [0, 0.05) is 32.2 Å². The molecule has 2 heteroatoms. The zero-order chi connectivity index (χ0) is 7.97. The van der Waals surface area contributed by atoms with Crippen molar-refractivity contribution >= 4 is 0 Å². The first-order valence-electron chi connectivity index (χ1n) is 5.38. The lowest BCUT2D eigenvalue weighted by atomic mass is 9.84. The molecule has 1 heterocycles. The monoisotopic (exact) mass is 166 g/mol. The van der Waals surface area contributed by atoms with Crippen LogP contribution in [-0.4, -0.2) is 37.1 Å². The van der Waals surface area contributed by atoms with Gasteiger partial charge in [-0.1, -0.05) is 0 Å². The lowest BCUT2D eigenvalue weighted by Gasteiger charge is -2.35. The van der Waals surface area contributed by atoms with E-state index in [0.717, 1.165) is 17.9 Å². The maximum Gasteiger partial charge on any atom is 0.0127 e. The quantitative estimate of drug-likeness (QED) is 0.616. The Morgan fingerprint density at radius 2 is 1.75 bits per heavy atom. The van der Waals surface area contributed by atoms with Gasteiger partial charge in [0.25, 0.3) is 0 Å². The van der Waals surface area contributed by atoms with Crippen molar-refractivity contribution in [2.24, 2.45) is 11.8 Å². The molecule has 1 atom stereocenters. The van der Waals surface area contributed by atoms with E-state index in [1.807, 2.05) is 0 Å². The first-order valence-corrected chi connectivity index (χ1v) is 5.38. The van der Waals surface area contributed by atoms with Gasteiger partial charge in [0.2, 0.25) is 0 Å². The molecule has 3 saturated carbocycles. The average molecular weight is 166 g/mol. The van der Waals surface area contributed by atoms with Crippen molar-refractivity contribution in [1.82, 2.24) is 10.2 Å². The maximum absolute atomic E-state index is 3.42. The molecule has 0 amide bonds. The van der Waals surface area contributed by atoms with Crippen LogP contribution < -0.4 is 5.32 Å². The Bertz CT molecular complexity index is 169. The zero-order valence-electron chi connectivity index (χ0n) is 7.63. The van der Waals surface area contributed by atoms with Gasteiger partial charge >= 0.3 is 0 Å². The van der Waals surface area contributed by atoms with E-state index < -0.39 is 0 Å². The summed E-state index contributed by atoms with van der Waals surface area (Å²) in [5.41, 5.74) is 0. The van der Waals surface area contributed by atoms with Crippen LogP contribution in [0.15, 0.2) is 0 Å². The predicted molar refractivity (Wildman–Crippen MR) is 49.1 cm³/mol. The first kappa shape index (κ1) is 7.34. The minimum Gasteiger partial charge on any atom is -0.314 e. The van der Waals surface area contributed by atoms with Gasteiger partial charge in [0.1, 0.15) is 0 Å². The van der Waals surface area contributed by atoms with Gasteiger partial charge in [-0.2, -0.15) is 0 Å². The van der Waals surface area contributed by atoms with Gasteiger partial charge in [0.15, 0.2) is 0 Å². The summed E-state index contributed by atoms with van der Waals surface area (Å²) in [6.07, 6.45) is 4.62. The van der Waals surface area contributed by atoms with E-state index in [1.165, 1.54) is 32.6 Å². The fourth-order valence-corrected chi connectivity index (χ4v) is 3.29. The molecule has 4 fully saturated rings. The van der Waals surface area contributed by atoms with Crippen LogP contribution in [0.4, 0.5) is 0 Å². The van der Waals surface area contributed by atoms with Gasteiger partial charge in [-0.25, -0.2) is 0 Å². The molecule has 0 aromatic carbocycles. The Kier molecular flexibility index (Phi) is 1.66. The molecular formula is C10H18N2. The lowest BCUT2D eigenvalue weighted by molar-refractivity contribution is 0.140. The third-order valence-electron chi connectivity index (χ3n) is 4.01. The molecule has 1 aliphatic heterocycles. The molecule has 0 unspecified atom stereocenters. The third-order valence-corrected chi connectivity index (χ3v) is 4.01. The van der Waals surface area contributed by atoms with Crippen LogP contribution in [0.3, 0.4) is 0 Å². The average Bonchev–Trinajstić information content (AvgIpc) is 2.62. The first-order chi connectivity index (χ1) is 5.93. The van der Waals surface area contributed by atoms with Crippen molar-refractivity contribution in [1.29, 1.82) is 0 Å². The molecule has 0 spiro atoms. The highest BCUT2D eigenvalue weighted by Gasteiger charge is 2.46. The van der Waals surface area contributed by atoms with Crippen molar-refractivity contribution < 1.29 is 0 Å². The van der Waals surface area contributed by atoms with Crippen LogP contribution in [0.2, 0.25) is 0 Å². The number of hydrogen-bond acceptors (Lipinski definition) is 2. The van der Waals surface area contributed by atoms with Crippen molar-refractivity contribution in [3.05, 3.63) is 0 Å². The van der Waals surface area contributed by atoms with Gasteiger partial charge in [-0.15, -0.1) is 0 Å². The largest absolute Gasteiger partial charge is 0.314 e. The number of fused-ring (bicyclic) bond motifs is 1. The highest BCUT2D eigenvalue weighted by Crippen LogP contribution is 2.50. The minimum absolute atomic E-state index is 0.983. The van der Waals surface area contributed by atoms with Gasteiger partial charge < -0.3 is 5.32 Å². The zero-order valence-corrected chi connectivity index (χ0v) is 7.63. The third kappa shape index (κ3) is 1.01. The lowest BCUT2D eigenvalue weighted by Crippen LogP contribution is -2.49.